The molecule has 0 amide bonds. The number of anilines is 1. The van der Waals surface area contributed by atoms with Gasteiger partial charge in [0.1, 0.15) is 17.2 Å². The molecule has 2 rings (SSSR count). The van der Waals surface area contributed by atoms with Gasteiger partial charge in [0.25, 0.3) is 0 Å². The second-order valence-electron chi connectivity index (χ2n) is 5.33. The Morgan fingerprint density at radius 2 is 2.05 bits per heavy atom. The molecule has 0 aromatic carbocycles. The van der Waals surface area contributed by atoms with Crippen molar-refractivity contribution >= 4 is 16.3 Å². The number of fused-ring (bicyclic) bond motifs is 1. The molecule has 2 unspecified atom stereocenters. The quantitative estimate of drug-likeness (QED) is 0.828. The molecule has 1 aliphatic rings. The Morgan fingerprint density at radius 1 is 1.47 bits per heavy atom. The summed E-state index contributed by atoms with van der Waals surface area (Å²) in [5.74, 6) is 0.292. The Bertz CT molecular complexity index is 487. The van der Waals surface area contributed by atoms with Crippen molar-refractivity contribution in [2.45, 2.75) is 59.0 Å². The molecule has 1 heterocycles. The van der Waals surface area contributed by atoms with Crippen LogP contribution in [-0.4, -0.2) is 6.17 Å². The fourth-order valence-corrected chi connectivity index (χ4v) is 3.93. The number of nitrogens with two attached hydrogens (primary N) is 1. The van der Waals surface area contributed by atoms with E-state index in [2.05, 4.69) is 26.8 Å². The lowest BCUT2D eigenvalue weighted by atomic mass is 9.65. The highest BCUT2D eigenvalue weighted by atomic mass is 32.1. The second kappa shape index (κ2) is 5.92. The van der Waals surface area contributed by atoms with Crippen LogP contribution in [0.2, 0.25) is 0 Å². The fourth-order valence-electron chi connectivity index (χ4n) is 2.72. The van der Waals surface area contributed by atoms with Gasteiger partial charge in [0.05, 0.1) is 5.56 Å². The smallest absolute Gasteiger partial charge is 0.106 e. The maximum absolute atomic E-state index is 13.8. The summed E-state index contributed by atoms with van der Waals surface area (Å²) in [5, 5.41) is 9.77. The van der Waals surface area contributed by atoms with E-state index in [0.29, 0.717) is 29.3 Å². The first kappa shape index (κ1) is 16.0. The SMILES string of the molecule is CC.CC(C)C1(C)CC(F)Cc2sc(N)c(C#N)c21. The molecular weight excluding hydrogens is 259 g/mol. The zero-order valence-electron chi connectivity index (χ0n) is 12.4. The van der Waals surface area contributed by atoms with Gasteiger partial charge in [0.2, 0.25) is 0 Å². The number of alkyl halides is 1. The highest BCUT2D eigenvalue weighted by molar-refractivity contribution is 7.16. The van der Waals surface area contributed by atoms with Crippen LogP contribution in [0.5, 0.6) is 0 Å². The summed E-state index contributed by atoms with van der Waals surface area (Å²) < 4.78 is 13.8. The van der Waals surface area contributed by atoms with Crippen LogP contribution in [0.1, 0.15) is 57.0 Å². The van der Waals surface area contributed by atoms with Crippen LogP contribution in [-0.2, 0) is 11.8 Å². The summed E-state index contributed by atoms with van der Waals surface area (Å²) in [6.07, 6.45) is 0.0796. The van der Waals surface area contributed by atoms with Crippen molar-refractivity contribution in [3.63, 3.8) is 0 Å². The molecule has 0 saturated heterocycles. The molecule has 2 nitrogen and oxygen atoms in total. The molecule has 0 aliphatic heterocycles. The van der Waals surface area contributed by atoms with Crippen LogP contribution < -0.4 is 5.73 Å². The lowest BCUT2D eigenvalue weighted by molar-refractivity contribution is 0.191. The Morgan fingerprint density at radius 3 is 2.53 bits per heavy atom. The van der Waals surface area contributed by atoms with E-state index in [-0.39, 0.29) is 5.41 Å². The number of hydrogen-bond donors (Lipinski definition) is 1. The van der Waals surface area contributed by atoms with E-state index in [0.717, 1.165) is 10.4 Å². The Hall–Kier alpha value is -1.08. The number of nitrogens with zero attached hydrogens (tertiary/aromatic N) is 1. The van der Waals surface area contributed by atoms with Crippen LogP contribution in [0.3, 0.4) is 0 Å². The van der Waals surface area contributed by atoms with Gasteiger partial charge in [-0.15, -0.1) is 11.3 Å². The number of halogens is 1. The molecule has 0 saturated carbocycles. The molecule has 0 fully saturated rings. The molecule has 1 aromatic heterocycles. The molecule has 0 bridgehead atoms. The largest absolute Gasteiger partial charge is 0.389 e. The predicted octanol–water partition coefficient (Wildman–Crippen LogP) is 4.43. The maximum Gasteiger partial charge on any atom is 0.106 e. The highest BCUT2D eigenvalue weighted by Crippen LogP contribution is 2.49. The normalized spacial score (nSPS) is 25.3. The van der Waals surface area contributed by atoms with E-state index in [1.807, 2.05) is 13.8 Å². The van der Waals surface area contributed by atoms with Crippen molar-refractivity contribution in [2.24, 2.45) is 5.92 Å². The van der Waals surface area contributed by atoms with Crippen molar-refractivity contribution in [3.05, 3.63) is 16.0 Å². The maximum atomic E-state index is 13.8. The fraction of sp³-hybridized carbons (Fsp3) is 0.667. The van der Waals surface area contributed by atoms with Gasteiger partial charge in [-0.3, -0.25) is 0 Å². The number of thiophene rings is 1. The van der Waals surface area contributed by atoms with Gasteiger partial charge < -0.3 is 5.73 Å². The second-order valence-corrected chi connectivity index (χ2v) is 6.47. The predicted molar refractivity (Wildman–Crippen MR) is 80.2 cm³/mol. The highest BCUT2D eigenvalue weighted by Gasteiger charge is 2.42. The number of rotatable bonds is 1. The van der Waals surface area contributed by atoms with Gasteiger partial charge in [0, 0.05) is 16.7 Å². The van der Waals surface area contributed by atoms with Gasteiger partial charge in [0.15, 0.2) is 0 Å². The summed E-state index contributed by atoms with van der Waals surface area (Å²) in [7, 11) is 0. The molecule has 19 heavy (non-hydrogen) atoms. The summed E-state index contributed by atoms with van der Waals surface area (Å²) >= 11 is 1.38. The summed E-state index contributed by atoms with van der Waals surface area (Å²) in [5.41, 5.74) is 7.18. The van der Waals surface area contributed by atoms with Crippen LogP contribution >= 0.6 is 11.3 Å². The van der Waals surface area contributed by atoms with E-state index < -0.39 is 6.17 Å². The molecular formula is C15H23FN2S. The molecule has 0 radical (unpaired) electrons. The topological polar surface area (TPSA) is 49.8 Å². The molecule has 2 N–H and O–H groups in total. The third-order valence-corrected chi connectivity index (χ3v) is 5.06. The first-order chi connectivity index (χ1) is 8.90. The van der Waals surface area contributed by atoms with Crippen LogP contribution in [0.25, 0.3) is 0 Å². The lowest BCUT2D eigenvalue weighted by Gasteiger charge is -2.39. The lowest BCUT2D eigenvalue weighted by Crippen LogP contribution is -2.37. The standard InChI is InChI=1S/C13H17FN2S.C2H6/c1-7(2)13(3)5-8(14)4-10-11(13)9(6-15)12(16)17-10;1-2/h7-8H,4-5,16H2,1-3H3;1-2H3. The summed E-state index contributed by atoms with van der Waals surface area (Å²) in [6.45, 7) is 10.2. The Labute approximate surface area is 119 Å². The van der Waals surface area contributed by atoms with Crippen LogP contribution in [0.4, 0.5) is 9.39 Å². The number of hydrogen-bond acceptors (Lipinski definition) is 3. The van der Waals surface area contributed by atoms with Crippen molar-refractivity contribution in [3.8, 4) is 6.07 Å². The van der Waals surface area contributed by atoms with Crippen LogP contribution in [0, 0.1) is 17.2 Å². The third kappa shape index (κ3) is 2.62. The van der Waals surface area contributed by atoms with Gasteiger partial charge >= 0.3 is 0 Å². The van der Waals surface area contributed by atoms with E-state index in [4.69, 9.17) is 5.73 Å². The average molecular weight is 282 g/mol. The number of nitriles is 1. The zero-order valence-corrected chi connectivity index (χ0v) is 13.2. The van der Waals surface area contributed by atoms with Gasteiger partial charge in [-0.05, 0) is 17.9 Å². The minimum Gasteiger partial charge on any atom is -0.389 e. The van der Waals surface area contributed by atoms with Crippen molar-refractivity contribution < 1.29 is 4.39 Å². The Balaban J connectivity index is 0.000000861. The first-order valence-corrected chi connectivity index (χ1v) is 7.67. The average Bonchev–Trinajstić information content (AvgIpc) is 2.67. The van der Waals surface area contributed by atoms with Crippen molar-refractivity contribution in [2.75, 3.05) is 5.73 Å². The molecule has 1 aliphatic carbocycles. The zero-order chi connectivity index (χ0) is 14.8. The molecule has 0 spiro atoms. The van der Waals surface area contributed by atoms with Gasteiger partial charge in [-0.2, -0.15) is 5.26 Å². The Kier molecular flexibility index (Phi) is 4.98. The number of nitrogen functional groups attached to an aromatic ring is 1. The minimum absolute atomic E-state index is 0.272. The summed E-state index contributed by atoms with van der Waals surface area (Å²) in [6, 6.07) is 2.19. The van der Waals surface area contributed by atoms with Crippen LogP contribution in [0.15, 0.2) is 0 Å². The van der Waals surface area contributed by atoms with E-state index in [9.17, 15) is 9.65 Å². The van der Waals surface area contributed by atoms with E-state index in [1.54, 1.807) is 0 Å². The molecule has 106 valence electrons. The molecule has 1 aromatic rings. The van der Waals surface area contributed by atoms with Gasteiger partial charge in [-0.25, -0.2) is 4.39 Å². The summed E-state index contributed by atoms with van der Waals surface area (Å²) in [4.78, 5) is 0.967. The van der Waals surface area contributed by atoms with Crippen molar-refractivity contribution in [1.29, 1.82) is 5.26 Å². The first-order valence-electron chi connectivity index (χ1n) is 6.86. The monoisotopic (exact) mass is 282 g/mol. The minimum atomic E-state index is -0.820. The van der Waals surface area contributed by atoms with E-state index in [1.165, 1.54) is 11.3 Å². The molecule has 4 heteroatoms. The van der Waals surface area contributed by atoms with E-state index >= 15 is 0 Å². The van der Waals surface area contributed by atoms with Gasteiger partial charge in [-0.1, -0.05) is 34.6 Å². The third-order valence-electron chi connectivity index (χ3n) is 4.02. The van der Waals surface area contributed by atoms with Crippen molar-refractivity contribution in [1.82, 2.24) is 0 Å². The molecule has 2 atom stereocenters.